The van der Waals surface area contributed by atoms with E-state index in [1.54, 1.807) is 6.07 Å². The summed E-state index contributed by atoms with van der Waals surface area (Å²) in [5.74, 6) is 0.277. The van der Waals surface area contributed by atoms with Crippen LogP contribution < -0.4 is 15.2 Å². The molecular weight excluding hydrogens is 290 g/mol. The second kappa shape index (κ2) is 5.47. The maximum atomic E-state index is 12.5. The minimum atomic E-state index is -3.59. The van der Waals surface area contributed by atoms with Gasteiger partial charge >= 0.3 is 0 Å². The van der Waals surface area contributed by atoms with E-state index in [0.29, 0.717) is 11.7 Å². The number of nitrogens with zero attached hydrogens (tertiary/aromatic N) is 1. The molecule has 1 aromatic rings. The van der Waals surface area contributed by atoms with Gasteiger partial charge in [-0.2, -0.15) is 0 Å². The molecule has 0 amide bonds. The molecule has 1 aliphatic heterocycles. The molecule has 21 heavy (non-hydrogen) atoms. The lowest BCUT2D eigenvalue weighted by atomic mass is 10.3. The molecule has 1 heterocycles. The number of rotatable bonds is 5. The van der Waals surface area contributed by atoms with Crippen LogP contribution in [0.5, 0.6) is 5.75 Å². The van der Waals surface area contributed by atoms with Crippen LogP contribution >= 0.6 is 0 Å². The van der Waals surface area contributed by atoms with Crippen LogP contribution in [0.2, 0.25) is 0 Å². The number of hydrogen-bond acceptors (Lipinski definition) is 5. The van der Waals surface area contributed by atoms with Gasteiger partial charge in [-0.3, -0.25) is 4.90 Å². The molecule has 0 aromatic heterocycles. The van der Waals surface area contributed by atoms with Crippen molar-refractivity contribution in [3.05, 3.63) is 18.2 Å². The summed E-state index contributed by atoms with van der Waals surface area (Å²) in [7, 11) is -2.15. The molecule has 1 saturated carbocycles. The average Bonchev–Trinajstić information content (AvgIpc) is 3.19. The van der Waals surface area contributed by atoms with Crippen LogP contribution in [0.3, 0.4) is 0 Å². The summed E-state index contributed by atoms with van der Waals surface area (Å²) < 4.78 is 33.0. The second-order valence-electron chi connectivity index (χ2n) is 5.74. The Kier molecular flexibility index (Phi) is 3.81. The smallest absolute Gasteiger partial charge is 0.244 e. The summed E-state index contributed by atoms with van der Waals surface area (Å²) in [6.45, 7) is 1.76. The van der Waals surface area contributed by atoms with Gasteiger partial charge < -0.3 is 10.5 Å². The highest BCUT2D eigenvalue weighted by Crippen LogP contribution is 2.31. The molecule has 1 saturated heterocycles. The number of methoxy groups -OCH3 is 1. The van der Waals surface area contributed by atoms with Gasteiger partial charge in [0.05, 0.1) is 7.11 Å². The minimum Gasteiger partial charge on any atom is -0.495 e. The largest absolute Gasteiger partial charge is 0.495 e. The lowest BCUT2D eigenvalue weighted by molar-refractivity contribution is 0.322. The van der Waals surface area contributed by atoms with Crippen molar-refractivity contribution in [1.82, 2.24) is 9.62 Å². The van der Waals surface area contributed by atoms with E-state index in [4.69, 9.17) is 10.5 Å². The first-order valence-electron chi connectivity index (χ1n) is 7.19. The Morgan fingerprint density at radius 1 is 1.33 bits per heavy atom. The van der Waals surface area contributed by atoms with Crippen LogP contribution in [0.1, 0.15) is 19.3 Å². The number of ether oxygens (including phenoxy) is 1. The average molecular weight is 311 g/mol. The third kappa shape index (κ3) is 3.14. The summed E-state index contributed by atoms with van der Waals surface area (Å²) >= 11 is 0. The molecule has 1 aromatic carbocycles. The van der Waals surface area contributed by atoms with Crippen LogP contribution in [-0.4, -0.2) is 45.6 Å². The third-order valence-electron chi connectivity index (χ3n) is 4.08. The fourth-order valence-electron chi connectivity index (χ4n) is 2.84. The number of hydrogen-bond donors (Lipinski definition) is 2. The van der Waals surface area contributed by atoms with Gasteiger partial charge in [-0.1, -0.05) is 0 Å². The normalized spacial score (nSPS) is 23.4. The molecule has 1 unspecified atom stereocenters. The predicted molar refractivity (Wildman–Crippen MR) is 80.7 cm³/mol. The quantitative estimate of drug-likeness (QED) is 0.786. The fourth-order valence-corrected chi connectivity index (χ4v) is 4.26. The van der Waals surface area contributed by atoms with Crippen molar-refractivity contribution in [3.63, 3.8) is 0 Å². The third-order valence-corrected chi connectivity index (χ3v) is 5.64. The van der Waals surface area contributed by atoms with Crippen LogP contribution in [-0.2, 0) is 10.0 Å². The number of nitrogens with one attached hydrogen (secondary N) is 1. The SMILES string of the molecule is COc1cc(N)ccc1S(=O)(=O)NC1CCN(C2CC2)C1. The first kappa shape index (κ1) is 14.6. The van der Waals surface area contributed by atoms with Crippen LogP contribution in [0, 0.1) is 0 Å². The molecule has 0 radical (unpaired) electrons. The van der Waals surface area contributed by atoms with E-state index in [1.165, 1.54) is 32.1 Å². The van der Waals surface area contributed by atoms with Gasteiger partial charge in [0, 0.05) is 36.9 Å². The van der Waals surface area contributed by atoms with Crippen LogP contribution in [0.25, 0.3) is 0 Å². The Morgan fingerprint density at radius 2 is 2.10 bits per heavy atom. The number of nitrogen functional groups attached to an aromatic ring is 1. The van der Waals surface area contributed by atoms with Gasteiger partial charge in [0.25, 0.3) is 0 Å². The van der Waals surface area contributed by atoms with E-state index in [-0.39, 0.29) is 16.7 Å². The topological polar surface area (TPSA) is 84.7 Å². The maximum Gasteiger partial charge on any atom is 0.244 e. The molecule has 0 spiro atoms. The van der Waals surface area contributed by atoms with E-state index in [0.717, 1.165) is 19.5 Å². The molecule has 1 aliphatic carbocycles. The Hall–Kier alpha value is -1.31. The molecule has 0 bridgehead atoms. The summed E-state index contributed by atoms with van der Waals surface area (Å²) in [4.78, 5) is 2.51. The van der Waals surface area contributed by atoms with Crippen molar-refractivity contribution < 1.29 is 13.2 Å². The Morgan fingerprint density at radius 3 is 2.76 bits per heavy atom. The highest BCUT2D eigenvalue weighted by molar-refractivity contribution is 7.89. The first-order valence-corrected chi connectivity index (χ1v) is 8.68. The molecule has 7 heteroatoms. The van der Waals surface area contributed by atoms with Gasteiger partial charge in [-0.25, -0.2) is 13.1 Å². The molecule has 2 fully saturated rings. The van der Waals surface area contributed by atoms with E-state index in [1.807, 2.05) is 0 Å². The molecule has 3 N–H and O–H groups in total. The van der Waals surface area contributed by atoms with Crippen molar-refractivity contribution in [3.8, 4) is 5.75 Å². The highest BCUT2D eigenvalue weighted by Gasteiger charge is 2.36. The summed E-state index contributed by atoms with van der Waals surface area (Å²) in [6, 6.07) is 5.23. The zero-order valence-corrected chi connectivity index (χ0v) is 12.9. The number of likely N-dealkylation sites (tertiary alicyclic amines) is 1. The molecular formula is C14H21N3O3S. The van der Waals surface area contributed by atoms with Gasteiger partial charge in [0.2, 0.25) is 10.0 Å². The Labute approximate surface area is 125 Å². The van der Waals surface area contributed by atoms with E-state index >= 15 is 0 Å². The standard InChI is InChI=1S/C14H21N3O3S/c1-20-13-8-10(15)2-5-14(13)21(18,19)16-11-6-7-17(9-11)12-3-4-12/h2,5,8,11-12,16H,3-4,6-7,9,15H2,1H3. The number of anilines is 1. The van der Waals surface area contributed by atoms with E-state index in [2.05, 4.69) is 9.62 Å². The maximum absolute atomic E-state index is 12.5. The van der Waals surface area contributed by atoms with Gasteiger partial charge in [-0.15, -0.1) is 0 Å². The summed E-state index contributed by atoms with van der Waals surface area (Å²) in [5.41, 5.74) is 6.14. The predicted octanol–water partition coefficient (Wildman–Crippen LogP) is 0.792. The number of sulfonamides is 1. The van der Waals surface area contributed by atoms with E-state index in [9.17, 15) is 8.42 Å². The van der Waals surface area contributed by atoms with Crippen molar-refractivity contribution >= 4 is 15.7 Å². The lowest BCUT2D eigenvalue weighted by Crippen LogP contribution is -2.37. The summed E-state index contributed by atoms with van der Waals surface area (Å²) in [6.07, 6.45) is 3.34. The van der Waals surface area contributed by atoms with Gasteiger partial charge in [0.1, 0.15) is 10.6 Å². The van der Waals surface area contributed by atoms with Gasteiger partial charge in [0.15, 0.2) is 0 Å². The molecule has 116 valence electrons. The second-order valence-corrected chi connectivity index (χ2v) is 7.43. The Bertz CT molecular complexity index is 628. The first-order chi connectivity index (χ1) is 9.99. The minimum absolute atomic E-state index is 0.0298. The number of benzene rings is 1. The zero-order chi connectivity index (χ0) is 15.0. The van der Waals surface area contributed by atoms with Gasteiger partial charge in [-0.05, 0) is 31.4 Å². The van der Waals surface area contributed by atoms with Crippen LogP contribution in [0.15, 0.2) is 23.1 Å². The van der Waals surface area contributed by atoms with Crippen molar-refractivity contribution in [2.45, 2.75) is 36.2 Å². The summed E-state index contributed by atoms with van der Waals surface area (Å²) in [5, 5.41) is 0. The van der Waals surface area contributed by atoms with Crippen molar-refractivity contribution in [2.24, 2.45) is 0 Å². The highest BCUT2D eigenvalue weighted by atomic mass is 32.2. The fraction of sp³-hybridized carbons (Fsp3) is 0.571. The lowest BCUT2D eigenvalue weighted by Gasteiger charge is -2.17. The van der Waals surface area contributed by atoms with E-state index < -0.39 is 10.0 Å². The molecule has 3 rings (SSSR count). The molecule has 1 atom stereocenters. The van der Waals surface area contributed by atoms with Crippen molar-refractivity contribution in [1.29, 1.82) is 0 Å². The Balaban J connectivity index is 1.74. The van der Waals surface area contributed by atoms with Crippen molar-refractivity contribution in [2.75, 3.05) is 25.9 Å². The zero-order valence-electron chi connectivity index (χ0n) is 12.1. The number of nitrogens with two attached hydrogens (primary N) is 1. The van der Waals surface area contributed by atoms with Crippen LogP contribution in [0.4, 0.5) is 5.69 Å². The molecule has 2 aliphatic rings. The monoisotopic (exact) mass is 311 g/mol. The molecule has 6 nitrogen and oxygen atoms in total.